The summed E-state index contributed by atoms with van der Waals surface area (Å²) in [5.41, 5.74) is 0.794. The van der Waals surface area contributed by atoms with Gasteiger partial charge in [0.2, 0.25) is 10.0 Å². The summed E-state index contributed by atoms with van der Waals surface area (Å²) in [7, 11) is -3.52. The van der Waals surface area contributed by atoms with Crippen molar-refractivity contribution >= 4 is 10.0 Å². The molecule has 0 bridgehead atoms. The highest BCUT2D eigenvalue weighted by molar-refractivity contribution is 7.89. The highest BCUT2D eigenvalue weighted by atomic mass is 32.2. The predicted octanol–water partition coefficient (Wildman–Crippen LogP) is 2.18. The van der Waals surface area contributed by atoms with Gasteiger partial charge in [0.15, 0.2) is 0 Å². The molecule has 0 amide bonds. The molecule has 0 radical (unpaired) electrons. The molecule has 0 aromatic heterocycles. The maximum atomic E-state index is 12.6. The van der Waals surface area contributed by atoms with Crippen LogP contribution in [0.4, 0.5) is 0 Å². The van der Waals surface area contributed by atoms with E-state index in [-0.39, 0.29) is 17.6 Å². The van der Waals surface area contributed by atoms with Crippen LogP contribution < -0.4 is 4.74 Å². The fourth-order valence-corrected chi connectivity index (χ4v) is 3.59. The van der Waals surface area contributed by atoms with E-state index in [9.17, 15) is 8.42 Å². The zero-order valence-corrected chi connectivity index (χ0v) is 14.0. The monoisotopic (exact) mass is 315 g/mol. The van der Waals surface area contributed by atoms with Gasteiger partial charge in [0, 0.05) is 19.7 Å². The Bertz CT molecular complexity index is 555. The number of aliphatic hydroxyl groups is 1. The molecule has 0 atom stereocenters. The Morgan fingerprint density at radius 3 is 2.48 bits per heavy atom. The molecule has 0 unspecified atom stereocenters. The molecule has 1 aromatic rings. The Morgan fingerprint density at radius 1 is 1.33 bits per heavy atom. The van der Waals surface area contributed by atoms with Crippen LogP contribution in [-0.2, 0) is 10.0 Å². The van der Waals surface area contributed by atoms with Gasteiger partial charge < -0.3 is 9.84 Å². The van der Waals surface area contributed by atoms with Crippen LogP contribution in [-0.4, -0.2) is 43.6 Å². The molecule has 0 fully saturated rings. The van der Waals surface area contributed by atoms with E-state index in [0.717, 1.165) is 5.56 Å². The number of benzene rings is 1. The van der Waals surface area contributed by atoms with Crippen molar-refractivity contribution in [1.82, 2.24) is 4.31 Å². The molecule has 0 saturated carbocycles. The van der Waals surface area contributed by atoms with Crippen LogP contribution in [0, 0.1) is 6.92 Å². The lowest BCUT2D eigenvalue weighted by Gasteiger charge is -2.21. The number of hydrogen-bond donors (Lipinski definition) is 1. The summed E-state index contributed by atoms with van der Waals surface area (Å²) < 4.78 is 32.1. The fraction of sp³-hybridized carbons (Fsp3) is 0.600. The van der Waals surface area contributed by atoms with Gasteiger partial charge in [-0.05, 0) is 51.0 Å². The van der Waals surface area contributed by atoms with Crippen molar-refractivity contribution in [1.29, 1.82) is 0 Å². The molecular weight excluding hydrogens is 290 g/mol. The Morgan fingerprint density at radius 2 is 2.00 bits per heavy atom. The predicted molar refractivity (Wildman–Crippen MR) is 83.1 cm³/mol. The van der Waals surface area contributed by atoms with Crippen LogP contribution in [0.25, 0.3) is 0 Å². The zero-order valence-electron chi connectivity index (χ0n) is 13.2. The topological polar surface area (TPSA) is 66.8 Å². The van der Waals surface area contributed by atoms with Crippen LogP contribution in [0.5, 0.6) is 5.75 Å². The Balaban J connectivity index is 3.05. The summed E-state index contributed by atoms with van der Waals surface area (Å²) in [6.45, 7) is 8.16. The van der Waals surface area contributed by atoms with Gasteiger partial charge in [-0.25, -0.2) is 8.42 Å². The van der Waals surface area contributed by atoms with Gasteiger partial charge in [-0.2, -0.15) is 4.31 Å². The second-order valence-electron chi connectivity index (χ2n) is 5.17. The highest BCUT2D eigenvalue weighted by Crippen LogP contribution is 2.24. The van der Waals surface area contributed by atoms with Crippen LogP contribution >= 0.6 is 0 Å². The molecule has 120 valence electrons. The zero-order chi connectivity index (χ0) is 16.0. The second kappa shape index (κ2) is 7.77. The fourth-order valence-electron chi connectivity index (χ4n) is 2.01. The molecule has 6 heteroatoms. The largest absolute Gasteiger partial charge is 0.491 e. The lowest BCUT2D eigenvalue weighted by Crippen LogP contribution is -2.32. The average Bonchev–Trinajstić information content (AvgIpc) is 2.41. The molecule has 0 aliphatic carbocycles. The molecule has 5 nitrogen and oxygen atoms in total. The first-order valence-corrected chi connectivity index (χ1v) is 8.65. The first kappa shape index (κ1) is 17.9. The van der Waals surface area contributed by atoms with Crippen molar-refractivity contribution in [3.05, 3.63) is 23.8 Å². The number of hydrogen-bond acceptors (Lipinski definition) is 4. The van der Waals surface area contributed by atoms with Crippen LogP contribution in [0.1, 0.15) is 32.8 Å². The molecule has 1 rings (SSSR count). The van der Waals surface area contributed by atoms with Gasteiger partial charge in [-0.1, -0.05) is 6.92 Å². The molecule has 1 aromatic carbocycles. The van der Waals surface area contributed by atoms with Gasteiger partial charge in [-0.15, -0.1) is 0 Å². The highest BCUT2D eigenvalue weighted by Gasteiger charge is 2.23. The lowest BCUT2D eigenvalue weighted by molar-refractivity contribution is 0.240. The van der Waals surface area contributed by atoms with E-state index in [4.69, 9.17) is 9.84 Å². The molecular formula is C15H25NO4S. The van der Waals surface area contributed by atoms with Crippen LogP contribution in [0.3, 0.4) is 0 Å². The minimum atomic E-state index is -3.52. The number of ether oxygens (including phenoxy) is 1. The summed E-state index contributed by atoms with van der Waals surface area (Å²) in [6, 6.07) is 4.90. The maximum Gasteiger partial charge on any atom is 0.243 e. The van der Waals surface area contributed by atoms with E-state index < -0.39 is 10.0 Å². The summed E-state index contributed by atoms with van der Waals surface area (Å²) >= 11 is 0. The Labute approximate surface area is 127 Å². The van der Waals surface area contributed by atoms with E-state index >= 15 is 0 Å². The van der Waals surface area contributed by atoms with E-state index in [1.807, 2.05) is 20.8 Å². The summed E-state index contributed by atoms with van der Waals surface area (Å²) in [5.74, 6) is 0.697. The number of nitrogens with zero attached hydrogens (tertiary/aromatic N) is 1. The third kappa shape index (κ3) is 4.69. The molecule has 0 aliphatic heterocycles. The average molecular weight is 315 g/mol. The van der Waals surface area contributed by atoms with Gasteiger partial charge in [0.05, 0.1) is 11.0 Å². The SMILES string of the molecule is CCN(CCCO)S(=O)(=O)c1ccc(OC(C)C)c(C)c1. The Hall–Kier alpha value is -1.11. The quantitative estimate of drug-likeness (QED) is 0.798. The van der Waals surface area contributed by atoms with E-state index in [1.54, 1.807) is 25.1 Å². The first-order chi connectivity index (χ1) is 9.82. The molecule has 0 heterocycles. The third-order valence-electron chi connectivity index (χ3n) is 3.07. The molecule has 1 N–H and O–H groups in total. The molecule has 0 saturated heterocycles. The molecule has 0 aliphatic rings. The summed E-state index contributed by atoms with van der Waals surface area (Å²) in [6.07, 6.45) is 0.475. The normalized spacial score (nSPS) is 12.1. The second-order valence-corrected chi connectivity index (χ2v) is 7.11. The third-order valence-corrected chi connectivity index (χ3v) is 5.04. The summed E-state index contributed by atoms with van der Waals surface area (Å²) in [4.78, 5) is 0.260. The summed E-state index contributed by atoms with van der Waals surface area (Å²) in [5, 5.41) is 8.87. The van der Waals surface area contributed by atoms with Gasteiger partial charge in [0.25, 0.3) is 0 Å². The minimum absolute atomic E-state index is 0.0216. The van der Waals surface area contributed by atoms with E-state index in [2.05, 4.69) is 0 Å². The number of aryl methyl sites for hydroxylation is 1. The minimum Gasteiger partial charge on any atom is -0.491 e. The maximum absolute atomic E-state index is 12.6. The van der Waals surface area contributed by atoms with Gasteiger partial charge in [-0.3, -0.25) is 0 Å². The number of aliphatic hydroxyl groups excluding tert-OH is 1. The van der Waals surface area contributed by atoms with Crippen LogP contribution in [0.2, 0.25) is 0 Å². The van der Waals surface area contributed by atoms with Crippen LogP contribution in [0.15, 0.2) is 23.1 Å². The van der Waals surface area contributed by atoms with Crippen molar-refractivity contribution in [3.63, 3.8) is 0 Å². The molecule has 0 spiro atoms. The number of sulfonamides is 1. The van der Waals surface area contributed by atoms with Crippen molar-refractivity contribution in [2.75, 3.05) is 19.7 Å². The number of rotatable bonds is 8. The van der Waals surface area contributed by atoms with Crippen molar-refractivity contribution < 1.29 is 18.3 Å². The van der Waals surface area contributed by atoms with E-state index in [1.165, 1.54) is 4.31 Å². The Kier molecular flexibility index (Phi) is 6.64. The lowest BCUT2D eigenvalue weighted by atomic mass is 10.2. The molecule has 21 heavy (non-hydrogen) atoms. The van der Waals surface area contributed by atoms with E-state index in [0.29, 0.717) is 25.3 Å². The first-order valence-electron chi connectivity index (χ1n) is 7.21. The van der Waals surface area contributed by atoms with Crippen molar-refractivity contribution in [2.45, 2.75) is 45.1 Å². The smallest absolute Gasteiger partial charge is 0.243 e. The van der Waals surface area contributed by atoms with Gasteiger partial charge in [0.1, 0.15) is 5.75 Å². The van der Waals surface area contributed by atoms with Crippen molar-refractivity contribution in [3.8, 4) is 5.75 Å². The van der Waals surface area contributed by atoms with Gasteiger partial charge >= 0.3 is 0 Å². The van der Waals surface area contributed by atoms with Crippen molar-refractivity contribution in [2.24, 2.45) is 0 Å². The standard InChI is InChI=1S/C15H25NO4S/c1-5-16(9-6-10-17)21(18,19)14-7-8-15(13(4)11-14)20-12(2)3/h7-8,11-12,17H,5-6,9-10H2,1-4H3.